The third-order valence-electron chi connectivity index (χ3n) is 4.75. The number of nitrogens with zero attached hydrogens (tertiary/aromatic N) is 3. The fourth-order valence-corrected chi connectivity index (χ4v) is 3.08. The van der Waals surface area contributed by atoms with Gasteiger partial charge in [-0.15, -0.1) is 5.10 Å². The molecule has 1 unspecified atom stereocenters. The van der Waals surface area contributed by atoms with Gasteiger partial charge in [0.2, 0.25) is 0 Å². The molecule has 28 heavy (non-hydrogen) atoms. The van der Waals surface area contributed by atoms with Crippen molar-refractivity contribution in [2.75, 3.05) is 6.61 Å². The van der Waals surface area contributed by atoms with Crippen molar-refractivity contribution in [3.63, 3.8) is 0 Å². The summed E-state index contributed by atoms with van der Waals surface area (Å²) in [6.45, 7) is 6.67. The van der Waals surface area contributed by atoms with Gasteiger partial charge in [0.15, 0.2) is 0 Å². The van der Waals surface area contributed by atoms with Gasteiger partial charge in [-0.05, 0) is 43.0 Å². The van der Waals surface area contributed by atoms with Gasteiger partial charge >= 0.3 is 12.0 Å². The molecule has 0 aliphatic rings. The Labute approximate surface area is 164 Å². The monoisotopic (exact) mass is 379 g/mol. The van der Waals surface area contributed by atoms with Crippen LogP contribution in [0.5, 0.6) is 6.01 Å². The molecular weight excluding hydrogens is 354 g/mol. The maximum Gasteiger partial charge on any atom is 0.336 e. The molecule has 2 aromatic carbocycles. The first kappa shape index (κ1) is 19.6. The van der Waals surface area contributed by atoms with E-state index in [9.17, 15) is 9.90 Å². The van der Waals surface area contributed by atoms with E-state index >= 15 is 0 Å². The van der Waals surface area contributed by atoms with E-state index in [-0.39, 0.29) is 6.04 Å². The number of aromatic carboxylic acids is 1. The molecule has 1 heterocycles. The largest absolute Gasteiger partial charge is 0.478 e. The molecule has 0 saturated heterocycles. The highest BCUT2D eigenvalue weighted by Crippen LogP contribution is 2.25. The lowest BCUT2D eigenvalue weighted by Crippen LogP contribution is -2.11. The number of benzene rings is 2. The van der Waals surface area contributed by atoms with Gasteiger partial charge in [0.1, 0.15) is 5.82 Å². The first-order chi connectivity index (χ1) is 13.5. The average molecular weight is 379 g/mol. The van der Waals surface area contributed by atoms with Crippen molar-refractivity contribution in [1.82, 2.24) is 14.8 Å². The molecule has 0 radical (unpaired) electrons. The summed E-state index contributed by atoms with van der Waals surface area (Å²) >= 11 is 0. The topological polar surface area (TPSA) is 77.2 Å². The molecule has 1 aromatic heterocycles. The third kappa shape index (κ3) is 4.22. The van der Waals surface area contributed by atoms with Gasteiger partial charge in [0.25, 0.3) is 0 Å². The van der Waals surface area contributed by atoms with E-state index in [2.05, 4.69) is 23.9 Å². The average Bonchev–Trinajstić information content (AvgIpc) is 3.10. The van der Waals surface area contributed by atoms with Crippen LogP contribution >= 0.6 is 0 Å². The van der Waals surface area contributed by atoms with Crippen LogP contribution in [-0.4, -0.2) is 32.4 Å². The molecule has 0 bridgehead atoms. The smallest absolute Gasteiger partial charge is 0.336 e. The van der Waals surface area contributed by atoms with Crippen molar-refractivity contribution in [1.29, 1.82) is 0 Å². The lowest BCUT2D eigenvalue weighted by atomic mass is 9.98. The minimum absolute atomic E-state index is 0.235. The zero-order valence-corrected chi connectivity index (χ0v) is 16.4. The first-order valence-corrected chi connectivity index (χ1v) is 9.53. The van der Waals surface area contributed by atoms with Crippen molar-refractivity contribution in [3.05, 3.63) is 65.5 Å². The van der Waals surface area contributed by atoms with E-state index in [1.165, 1.54) is 0 Å². The Kier molecular flexibility index (Phi) is 6.09. The zero-order chi connectivity index (χ0) is 20.1. The number of carboxylic acid groups (broad SMARTS) is 1. The summed E-state index contributed by atoms with van der Waals surface area (Å²) in [7, 11) is 0. The first-order valence-electron chi connectivity index (χ1n) is 9.53. The number of carbonyl (C=O) groups is 1. The Balaban J connectivity index is 1.87. The third-order valence-corrected chi connectivity index (χ3v) is 4.75. The zero-order valence-electron chi connectivity index (χ0n) is 16.4. The lowest BCUT2D eigenvalue weighted by Gasteiger charge is -2.12. The van der Waals surface area contributed by atoms with Crippen LogP contribution < -0.4 is 4.74 Å². The fraction of sp³-hybridized carbons (Fsp3) is 0.318. The molecule has 0 spiro atoms. The van der Waals surface area contributed by atoms with Crippen LogP contribution in [0.4, 0.5) is 0 Å². The van der Waals surface area contributed by atoms with Gasteiger partial charge in [-0.25, -0.2) is 9.48 Å². The Bertz CT molecular complexity index is 948. The summed E-state index contributed by atoms with van der Waals surface area (Å²) in [6.07, 6.45) is 1.58. The van der Waals surface area contributed by atoms with E-state index in [4.69, 9.17) is 4.74 Å². The van der Waals surface area contributed by atoms with Crippen LogP contribution in [-0.2, 0) is 6.42 Å². The molecule has 3 rings (SSSR count). The van der Waals surface area contributed by atoms with Crippen LogP contribution in [0.25, 0.3) is 11.1 Å². The van der Waals surface area contributed by atoms with Crippen molar-refractivity contribution in [2.24, 2.45) is 0 Å². The molecule has 146 valence electrons. The summed E-state index contributed by atoms with van der Waals surface area (Å²) in [5.41, 5.74) is 2.97. The van der Waals surface area contributed by atoms with Gasteiger partial charge in [0, 0.05) is 6.42 Å². The van der Waals surface area contributed by atoms with Crippen LogP contribution in [0.2, 0.25) is 0 Å². The Morgan fingerprint density at radius 3 is 2.50 bits per heavy atom. The minimum Gasteiger partial charge on any atom is -0.478 e. The number of rotatable bonds is 8. The SMILES string of the molecule is CCOc1nc(Cc2ccc(-c3ccccc3C(=O)O)cc2)n(C(C)CC)n1. The fourth-order valence-electron chi connectivity index (χ4n) is 3.08. The van der Waals surface area contributed by atoms with Gasteiger partial charge in [-0.2, -0.15) is 4.98 Å². The van der Waals surface area contributed by atoms with Gasteiger partial charge in [-0.1, -0.05) is 49.4 Å². The molecule has 1 N–H and O–H groups in total. The molecule has 0 amide bonds. The Hall–Kier alpha value is -3.15. The molecule has 0 aliphatic carbocycles. The maximum atomic E-state index is 11.5. The molecular formula is C22H25N3O3. The molecule has 6 nitrogen and oxygen atoms in total. The van der Waals surface area contributed by atoms with Gasteiger partial charge in [-0.3, -0.25) is 0 Å². The van der Waals surface area contributed by atoms with Crippen molar-refractivity contribution in [2.45, 2.75) is 39.7 Å². The van der Waals surface area contributed by atoms with Crippen molar-refractivity contribution >= 4 is 5.97 Å². The molecule has 1 atom stereocenters. The quantitative estimate of drug-likeness (QED) is 0.619. The second-order valence-corrected chi connectivity index (χ2v) is 6.67. The summed E-state index contributed by atoms with van der Waals surface area (Å²) in [4.78, 5) is 16.0. The minimum atomic E-state index is -0.926. The number of aromatic nitrogens is 3. The highest BCUT2D eigenvalue weighted by Gasteiger charge is 2.16. The second kappa shape index (κ2) is 8.69. The highest BCUT2D eigenvalue weighted by molar-refractivity contribution is 5.95. The number of hydrogen-bond acceptors (Lipinski definition) is 4. The van der Waals surface area contributed by atoms with Crippen LogP contribution in [0.3, 0.4) is 0 Å². The summed E-state index contributed by atoms with van der Waals surface area (Å²) in [5, 5.41) is 13.9. The summed E-state index contributed by atoms with van der Waals surface area (Å²) in [6, 6.07) is 15.6. The lowest BCUT2D eigenvalue weighted by molar-refractivity contribution is 0.0697. The Morgan fingerprint density at radius 1 is 1.14 bits per heavy atom. The van der Waals surface area contributed by atoms with Crippen LogP contribution in [0.1, 0.15) is 55.0 Å². The highest BCUT2D eigenvalue weighted by atomic mass is 16.5. The van der Waals surface area contributed by atoms with E-state index in [0.29, 0.717) is 30.2 Å². The maximum absolute atomic E-state index is 11.5. The molecule has 6 heteroatoms. The van der Waals surface area contributed by atoms with E-state index in [1.54, 1.807) is 12.1 Å². The van der Waals surface area contributed by atoms with Gasteiger partial charge < -0.3 is 9.84 Å². The molecule has 0 aliphatic heterocycles. The van der Waals surface area contributed by atoms with Crippen LogP contribution in [0, 0.1) is 0 Å². The summed E-state index contributed by atoms with van der Waals surface area (Å²) in [5.74, 6) is -0.0683. The summed E-state index contributed by atoms with van der Waals surface area (Å²) < 4.78 is 7.40. The standard InChI is InChI=1S/C22H25N3O3/c1-4-15(3)25-20(23-22(24-25)28-5-2)14-16-10-12-17(13-11-16)18-8-6-7-9-19(18)21(26)27/h6-13,15H,4-5,14H2,1-3H3,(H,26,27). The molecule has 0 fully saturated rings. The number of hydrogen-bond donors (Lipinski definition) is 1. The number of carboxylic acids is 1. The Morgan fingerprint density at radius 2 is 1.86 bits per heavy atom. The molecule has 3 aromatic rings. The molecule has 0 saturated carbocycles. The van der Waals surface area contributed by atoms with Crippen LogP contribution in [0.15, 0.2) is 48.5 Å². The van der Waals surface area contributed by atoms with Gasteiger partial charge in [0.05, 0.1) is 18.2 Å². The van der Waals surface area contributed by atoms with E-state index in [1.807, 2.05) is 48.0 Å². The van der Waals surface area contributed by atoms with E-state index in [0.717, 1.165) is 23.4 Å². The van der Waals surface area contributed by atoms with Crippen molar-refractivity contribution < 1.29 is 14.6 Å². The normalized spacial score (nSPS) is 12.0. The number of ether oxygens (including phenoxy) is 1. The predicted molar refractivity (Wildman–Crippen MR) is 108 cm³/mol. The predicted octanol–water partition coefficient (Wildman–Crippen LogP) is 4.60. The van der Waals surface area contributed by atoms with E-state index < -0.39 is 5.97 Å². The van der Waals surface area contributed by atoms with Crippen molar-refractivity contribution in [3.8, 4) is 17.1 Å². The second-order valence-electron chi connectivity index (χ2n) is 6.67.